The largest absolute Gasteiger partial charge is 0.396 e. The molecule has 2 saturated heterocycles. The molecule has 2 aliphatic rings. The number of pyridine rings is 1. The lowest BCUT2D eigenvalue weighted by atomic mass is 10.0. The van der Waals surface area contributed by atoms with Crippen LogP contribution in [-0.2, 0) is 0 Å². The smallest absolute Gasteiger partial charge is 0.317 e. The normalized spacial score (nSPS) is 20.7. The number of amides is 2. The van der Waals surface area contributed by atoms with E-state index >= 15 is 0 Å². The summed E-state index contributed by atoms with van der Waals surface area (Å²) in [7, 11) is 0. The number of hydrogen-bond acceptors (Lipinski definition) is 4. The molecule has 3 rings (SSSR count). The summed E-state index contributed by atoms with van der Waals surface area (Å²) in [5.74, 6) is 0.867. The monoisotopic (exact) mass is 261 g/mol. The summed E-state index contributed by atoms with van der Waals surface area (Å²) >= 11 is 0. The number of rotatable bonds is 2. The molecule has 102 valence electrons. The number of piperidine rings is 1. The molecule has 0 spiro atoms. The fraction of sp³-hybridized carbons (Fsp3) is 0.538. The molecule has 0 aromatic carbocycles. The van der Waals surface area contributed by atoms with Gasteiger partial charge in [0.2, 0.25) is 0 Å². The zero-order valence-electron chi connectivity index (χ0n) is 10.9. The number of carbonyl (C=O) groups excluding carboxylic acids is 1. The van der Waals surface area contributed by atoms with E-state index in [4.69, 9.17) is 5.73 Å². The second-order valence-corrected chi connectivity index (χ2v) is 5.06. The second kappa shape index (κ2) is 4.95. The summed E-state index contributed by atoms with van der Waals surface area (Å²) in [5.41, 5.74) is 6.67. The topological polar surface area (TPSA) is 74.5 Å². The van der Waals surface area contributed by atoms with Gasteiger partial charge in [0.1, 0.15) is 0 Å². The number of urea groups is 1. The average molecular weight is 261 g/mol. The summed E-state index contributed by atoms with van der Waals surface area (Å²) < 4.78 is 0. The molecule has 1 aromatic heterocycles. The zero-order chi connectivity index (χ0) is 13.2. The number of nitrogens with one attached hydrogen (secondary N) is 1. The molecule has 0 aliphatic carbocycles. The number of anilines is 2. The van der Waals surface area contributed by atoms with Crippen LogP contribution in [0.25, 0.3) is 0 Å². The Morgan fingerprint density at radius 1 is 1.32 bits per heavy atom. The molecule has 3 heterocycles. The summed E-state index contributed by atoms with van der Waals surface area (Å²) in [5, 5.41) is 2.86. The number of nitrogens with two attached hydrogens (primary N) is 1. The number of carbonyl (C=O) groups is 1. The predicted octanol–water partition coefficient (Wildman–Crippen LogP) is 0.658. The number of aromatic nitrogens is 1. The molecule has 0 unspecified atom stereocenters. The van der Waals surface area contributed by atoms with Crippen molar-refractivity contribution in [1.82, 2.24) is 15.2 Å². The van der Waals surface area contributed by atoms with Crippen molar-refractivity contribution in [2.24, 2.45) is 0 Å². The van der Waals surface area contributed by atoms with Crippen LogP contribution >= 0.6 is 0 Å². The Balaban J connectivity index is 1.63. The van der Waals surface area contributed by atoms with Gasteiger partial charge in [-0.05, 0) is 25.0 Å². The van der Waals surface area contributed by atoms with Crippen molar-refractivity contribution >= 4 is 17.5 Å². The van der Waals surface area contributed by atoms with Crippen LogP contribution in [-0.4, -0.2) is 48.1 Å². The molecule has 3 N–H and O–H groups in total. The molecule has 0 radical (unpaired) electrons. The highest BCUT2D eigenvalue weighted by Gasteiger charge is 2.31. The third-order valence-electron chi connectivity index (χ3n) is 3.91. The van der Waals surface area contributed by atoms with Gasteiger partial charge in [0.05, 0.1) is 5.69 Å². The minimum absolute atomic E-state index is 0.0794. The molecule has 6 nitrogen and oxygen atoms in total. The van der Waals surface area contributed by atoms with Gasteiger partial charge in [-0.1, -0.05) is 0 Å². The first-order chi connectivity index (χ1) is 9.25. The Morgan fingerprint density at radius 3 is 2.74 bits per heavy atom. The van der Waals surface area contributed by atoms with E-state index in [0.29, 0.717) is 6.04 Å². The van der Waals surface area contributed by atoms with Crippen LogP contribution in [0.5, 0.6) is 0 Å². The van der Waals surface area contributed by atoms with Crippen molar-refractivity contribution in [2.75, 3.05) is 36.8 Å². The predicted molar refractivity (Wildman–Crippen MR) is 74.0 cm³/mol. The van der Waals surface area contributed by atoms with Gasteiger partial charge < -0.3 is 20.9 Å². The fourth-order valence-corrected chi connectivity index (χ4v) is 2.90. The molecular formula is C13H19N5O. The highest BCUT2D eigenvalue weighted by Crippen LogP contribution is 2.25. The fourth-order valence-electron chi connectivity index (χ4n) is 2.90. The van der Waals surface area contributed by atoms with E-state index in [1.54, 1.807) is 6.20 Å². The standard InChI is InChI=1S/C13H19N5O/c14-11-2-1-5-15-12(11)17-7-3-10(4-8-17)18-9-6-16-13(18)19/h1-2,5,10H,3-4,6-9,14H2,(H,16,19). The van der Waals surface area contributed by atoms with E-state index in [1.165, 1.54) is 0 Å². The molecule has 1 aromatic rings. The maximum Gasteiger partial charge on any atom is 0.317 e. The van der Waals surface area contributed by atoms with Gasteiger partial charge in [-0.2, -0.15) is 0 Å². The van der Waals surface area contributed by atoms with Crippen LogP contribution in [0.2, 0.25) is 0 Å². The summed E-state index contributed by atoms with van der Waals surface area (Å²) in [6.45, 7) is 3.40. The molecule has 6 heteroatoms. The molecule has 2 amide bonds. The van der Waals surface area contributed by atoms with E-state index in [9.17, 15) is 4.79 Å². The van der Waals surface area contributed by atoms with E-state index in [0.717, 1.165) is 50.5 Å². The summed E-state index contributed by atoms with van der Waals surface area (Å²) in [4.78, 5) is 20.2. The molecule has 19 heavy (non-hydrogen) atoms. The highest BCUT2D eigenvalue weighted by atomic mass is 16.2. The van der Waals surface area contributed by atoms with E-state index < -0.39 is 0 Å². The summed E-state index contributed by atoms with van der Waals surface area (Å²) in [6.07, 6.45) is 3.72. The van der Waals surface area contributed by atoms with Crippen molar-refractivity contribution in [2.45, 2.75) is 18.9 Å². The minimum atomic E-state index is 0.0794. The van der Waals surface area contributed by atoms with Crippen LogP contribution in [0.4, 0.5) is 16.3 Å². The molecule has 0 saturated carbocycles. The van der Waals surface area contributed by atoms with Crippen molar-refractivity contribution in [3.05, 3.63) is 18.3 Å². The highest BCUT2D eigenvalue weighted by molar-refractivity contribution is 5.76. The van der Waals surface area contributed by atoms with Crippen LogP contribution in [0, 0.1) is 0 Å². The Morgan fingerprint density at radius 2 is 2.11 bits per heavy atom. The average Bonchev–Trinajstić information content (AvgIpc) is 2.86. The van der Waals surface area contributed by atoms with E-state index in [2.05, 4.69) is 15.2 Å². The summed E-state index contributed by atoms with van der Waals surface area (Å²) in [6, 6.07) is 4.15. The maximum absolute atomic E-state index is 11.6. The molecule has 2 fully saturated rings. The lowest BCUT2D eigenvalue weighted by Crippen LogP contribution is -2.46. The first-order valence-corrected chi connectivity index (χ1v) is 6.75. The quantitative estimate of drug-likeness (QED) is 0.820. The number of nitrogen functional groups attached to an aromatic ring is 1. The Hall–Kier alpha value is -1.98. The minimum Gasteiger partial charge on any atom is -0.396 e. The van der Waals surface area contributed by atoms with Crippen molar-refractivity contribution < 1.29 is 4.79 Å². The van der Waals surface area contributed by atoms with Gasteiger partial charge in [0, 0.05) is 38.4 Å². The molecule has 2 aliphatic heterocycles. The molecule has 0 bridgehead atoms. The Labute approximate surface area is 112 Å². The third-order valence-corrected chi connectivity index (χ3v) is 3.91. The third kappa shape index (κ3) is 2.30. The number of hydrogen-bond donors (Lipinski definition) is 2. The number of nitrogens with zero attached hydrogens (tertiary/aromatic N) is 3. The van der Waals surface area contributed by atoms with Crippen LogP contribution in [0.1, 0.15) is 12.8 Å². The molecular weight excluding hydrogens is 242 g/mol. The van der Waals surface area contributed by atoms with Crippen molar-refractivity contribution in [3.63, 3.8) is 0 Å². The van der Waals surface area contributed by atoms with Gasteiger partial charge in [0.15, 0.2) is 5.82 Å². The SMILES string of the molecule is Nc1cccnc1N1CCC(N2CCNC2=O)CC1. The molecule has 0 atom stereocenters. The Bertz CT molecular complexity index is 470. The van der Waals surface area contributed by atoms with Gasteiger partial charge in [-0.15, -0.1) is 0 Å². The first-order valence-electron chi connectivity index (χ1n) is 6.75. The van der Waals surface area contributed by atoms with Crippen LogP contribution in [0.3, 0.4) is 0 Å². The van der Waals surface area contributed by atoms with Gasteiger partial charge >= 0.3 is 6.03 Å². The first kappa shape index (κ1) is 12.1. The van der Waals surface area contributed by atoms with E-state index in [1.807, 2.05) is 17.0 Å². The second-order valence-electron chi connectivity index (χ2n) is 5.06. The maximum atomic E-state index is 11.6. The zero-order valence-corrected chi connectivity index (χ0v) is 10.9. The van der Waals surface area contributed by atoms with Crippen LogP contribution < -0.4 is 16.0 Å². The Kier molecular flexibility index (Phi) is 3.15. The lowest BCUT2D eigenvalue weighted by molar-refractivity contribution is 0.186. The van der Waals surface area contributed by atoms with E-state index in [-0.39, 0.29) is 6.03 Å². The van der Waals surface area contributed by atoms with Crippen molar-refractivity contribution in [1.29, 1.82) is 0 Å². The van der Waals surface area contributed by atoms with Gasteiger partial charge in [0.25, 0.3) is 0 Å². The van der Waals surface area contributed by atoms with Crippen LogP contribution in [0.15, 0.2) is 18.3 Å². The van der Waals surface area contributed by atoms with Gasteiger partial charge in [-0.3, -0.25) is 0 Å². The van der Waals surface area contributed by atoms with Crippen molar-refractivity contribution in [3.8, 4) is 0 Å². The lowest BCUT2D eigenvalue weighted by Gasteiger charge is -2.37. The van der Waals surface area contributed by atoms with Gasteiger partial charge in [-0.25, -0.2) is 9.78 Å².